The second kappa shape index (κ2) is 7.24. The zero-order valence-corrected chi connectivity index (χ0v) is 13.5. The van der Waals surface area contributed by atoms with E-state index in [2.05, 4.69) is 0 Å². The summed E-state index contributed by atoms with van der Waals surface area (Å²) < 4.78 is 18.7. The fourth-order valence-corrected chi connectivity index (χ4v) is 2.41. The third-order valence-electron chi connectivity index (χ3n) is 3.97. The molecule has 2 atom stereocenters. The maximum atomic E-state index is 13.8. The van der Waals surface area contributed by atoms with Crippen LogP contribution in [0.25, 0.3) is 0 Å². The molecule has 0 bridgehead atoms. The molecule has 1 amide bonds. The molecule has 0 heterocycles. The van der Waals surface area contributed by atoms with Crippen LogP contribution in [0.5, 0.6) is 5.75 Å². The van der Waals surface area contributed by atoms with Crippen LogP contribution in [-0.2, 0) is 4.79 Å². The summed E-state index contributed by atoms with van der Waals surface area (Å²) in [6.07, 6.45) is 0. The quantitative estimate of drug-likeness (QED) is 0.922. The number of nitrogens with zero attached hydrogens (tertiary/aromatic N) is 1. The number of carbonyl (C=O) groups is 1. The highest BCUT2D eigenvalue weighted by molar-refractivity contribution is 5.94. The molecule has 23 heavy (non-hydrogen) atoms. The number of anilines is 1. The molecule has 0 radical (unpaired) electrons. The van der Waals surface area contributed by atoms with Crippen molar-refractivity contribution in [3.05, 3.63) is 59.9 Å². The molecule has 0 spiro atoms. The van der Waals surface area contributed by atoms with Gasteiger partial charge in [-0.3, -0.25) is 4.79 Å². The van der Waals surface area contributed by atoms with E-state index >= 15 is 0 Å². The van der Waals surface area contributed by atoms with Gasteiger partial charge in [-0.05, 0) is 17.7 Å². The van der Waals surface area contributed by atoms with E-state index in [1.165, 1.54) is 24.1 Å². The molecule has 0 aromatic heterocycles. The van der Waals surface area contributed by atoms with Gasteiger partial charge in [0.1, 0.15) is 0 Å². The topological polar surface area (TPSA) is 55.6 Å². The highest BCUT2D eigenvalue weighted by Gasteiger charge is 2.26. The van der Waals surface area contributed by atoms with E-state index in [4.69, 9.17) is 10.5 Å². The first-order valence-corrected chi connectivity index (χ1v) is 7.37. The molecule has 5 heteroatoms. The van der Waals surface area contributed by atoms with E-state index in [0.29, 0.717) is 5.69 Å². The summed E-state index contributed by atoms with van der Waals surface area (Å²) in [6.45, 7) is 1.77. The number of nitrogens with two attached hydrogens (primary N) is 1. The molecule has 0 aliphatic rings. The van der Waals surface area contributed by atoms with Crippen molar-refractivity contribution in [3.8, 4) is 5.75 Å². The van der Waals surface area contributed by atoms with Crippen molar-refractivity contribution in [2.75, 3.05) is 19.1 Å². The fourth-order valence-electron chi connectivity index (χ4n) is 2.41. The highest BCUT2D eigenvalue weighted by Crippen LogP contribution is 2.26. The standard InChI is InChI=1S/C18H21FN2O2/c1-12(17(20)13-7-5-4-6-8-13)18(22)21(2)14-9-10-16(23-3)15(19)11-14/h4-12,17H,20H2,1-3H3. The van der Waals surface area contributed by atoms with Gasteiger partial charge in [-0.1, -0.05) is 37.3 Å². The summed E-state index contributed by atoms with van der Waals surface area (Å²) in [4.78, 5) is 14.0. The van der Waals surface area contributed by atoms with E-state index in [1.54, 1.807) is 20.0 Å². The van der Waals surface area contributed by atoms with Crippen molar-refractivity contribution in [1.29, 1.82) is 0 Å². The SMILES string of the molecule is COc1ccc(N(C)C(=O)C(C)C(N)c2ccccc2)cc1F. The second-order valence-corrected chi connectivity index (χ2v) is 5.44. The van der Waals surface area contributed by atoms with Crippen molar-refractivity contribution in [2.24, 2.45) is 11.7 Å². The summed E-state index contributed by atoms with van der Waals surface area (Å²) in [7, 11) is 3.01. The molecule has 2 rings (SSSR count). The molecule has 0 saturated heterocycles. The van der Waals surface area contributed by atoms with Gasteiger partial charge < -0.3 is 15.4 Å². The maximum absolute atomic E-state index is 13.8. The lowest BCUT2D eigenvalue weighted by molar-refractivity contribution is -0.122. The first-order chi connectivity index (χ1) is 11.0. The molecule has 2 unspecified atom stereocenters. The average molecular weight is 316 g/mol. The van der Waals surface area contributed by atoms with Crippen LogP contribution in [0.3, 0.4) is 0 Å². The maximum Gasteiger partial charge on any atom is 0.231 e. The molecule has 0 aliphatic heterocycles. The zero-order valence-electron chi connectivity index (χ0n) is 13.5. The van der Waals surface area contributed by atoms with E-state index in [0.717, 1.165) is 5.56 Å². The molecule has 0 aliphatic carbocycles. The molecule has 0 saturated carbocycles. The van der Waals surface area contributed by atoms with Crippen molar-refractivity contribution >= 4 is 11.6 Å². The van der Waals surface area contributed by atoms with Gasteiger partial charge in [0.05, 0.1) is 13.0 Å². The van der Waals surface area contributed by atoms with E-state index in [-0.39, 0.29) is 11.7 Å². The van der Waals surface area contributed by atoms with Crippen LogP contribution in [0.4, 0.5) is 10.1 Å². The van der Waals surface area contributed by atoms with Crippen LogP contribution in [0.2, 0.25) is 0 Å². The molecular formula is C18H21FN2O2. The summed E-state index contributed by atoms with van der Waals surface area (Å²) in [5.41, 5.74) is 7.54. The number of carbonyl (C=O) groups excluding carboxylic acids is 1. The lowest BCUT2D eigenvalue weighted by Gasteiger charge is -2.25. The second-order valence-electron chi connectivity index (χ2n) is 5.44. The number of methoxy groups -OCH3 is 1. The number of ether oxygens (including phenoxy) is 1. The molecule has 2 N–H and O–H groups in total. The predicted octanol–water partition coefficient (Wildman–Crippen LogP) is 3.13. The molecule has 2 aromatic rings. The van der Waals surface area contributed by atoms with Crippen LogP contribution in [0, 0.1) is 11.7 Å². The first kappa shape index (κ1) is 17.0. The summed E-state index contributed by atoms with van der Waals surface area (Å²) in [6, 6.07) is 13.4. The van der Waals surface area contributed by atoms with Gasteiger partial charge in [-0.15, -0.1) is 0 Å². The third-order valence-corrected chi connectivity index (χ3v) is 3.97. The monoisotopic (exact) mass is 316 g/mol. The van der Waals surface area contributed by atoms with Crippen molar-refractivity contribution in [3.63, 3.8) is 0 Å². The Bertz CT molecular complexity index is 676. The molecule has 0 fully saturated rings. The minimum atomic E-state index is -0.510. The lowest BCUT2D eigenvalue weighted by Crippen LogP contribution is -2.37. The van der Waals surface area contributed by atoms with Crippen LogP contribution in [0.15, 0.2) is 48.5 Å². The van der Waals surface area contributed by atoms with Gasteiger partial charge in [0, 0.05) is 24.8 Å². The van der Waals surface area contributed by atoms with Gasteiger partial charge in [0.15, 0.2) is 11.6 Å². The van der Waals surface area contributed by atoms with Crippen LogP contribution >= 0.6 is 0 Å². The molecule has 122 valence electrons. The summed E-state index contributed by atoms with van der Waals surface area (Å²) >= 11 is 0. The molecule has 2 aromatic carbocycles. The van der Waals surface area contributed by atoms with E-state index in [1.807, 2.05) is 30.3 Å². The van der Waals surface area contributed by atoms with E-state index in [9.17, 15) is 9.18 Å². The van der Waals surface area contributed by atoms with Gasteiger partial charge in [-0.25, -0.2) is 4.39 Å². The summed E-state index contributed by atoms with van der Waals surface area (Å²) in [5, 5.41) is 0. The number of rotatable bonds is 5. The number of hydrogen-bond acceptors (Lipinski definition) is 3. The number of amides is 1. The Kier molecular flexibility index (Phi) is 5.34. The Balaban J connectivity index is 2.17. The largest absolute Gasteiger partial charge is 0.494 e. The van der Waals surface area contributed by atoms with Crippen molar-refractivity contribution in [2.45, 2.75) is 13.0 Å². The summed E-state index contributed by atoms with van der Waals surface area (Å²) in [5.74, 6) is -0.980. The number of halogens is 1. The minimum absolute atomic E-state index is 0.142. The Morgan fingerprint density at radius 2 is 1.87 bits per heavy atom. The Labute approximate surface area is 135 Å². The third kappa shape index (κ3) is 3.68. The van der Waals surface area contributed by atoms with Crippen LogP contribution in [-0.4, -0.2) is 20.1 Å². The zero-order chi connectivity index (χ0) is 17.0. The Morgan fingerprint density at radius 3 is 2.43 bits per heavy atom. The minimum Gasteiger partial charge on any atom is -0.494 e. The average Bonchev–Trinajstić information content (AvgIpc) is 2.59. The highest BCUT2D eigenvalue weighted by atomic mass is 19.1. The Morgan fingerprint density at radius 1 is 1.22 bits per heavy atom. The fraction of sp³-hybridized carbons (Fsp3) is 0.278. The van der Waals surface area contributed by atoms with E-state index < -0.39 is 17.8 Å². The normalized spacial score (nSPS) is 13.3. The van der Waals surface area contributed by atoms with Crippen molar-refractivity contribution in [1.82, 2.24) is 0 Å². The van der Waals surface area contributed by atoms with Crippen molar-refractivity contribution < 1.29 is 13.9 Å². The Hall–Kier alpha value is -2.40. The first-order valence-electron chi connectivity index (χ1n) is 7.37. The lowest BCUT2D eigenvalue weighted by atomic mass is 9.94. The molecular weight excluding hydrogens is 295 g/mol. The number of benzene rings is 2. The van der Waals surface area contributed by atoms with Crippen LogP contribution in [0.1, 0.15) is 18.5 Å². The van der Waals surface area contributed by atoms with Gasteiger partial charge in [-0.2, -0.15) is 0 Å². The molecule has 4 nitrogen and oxygen atoms in total. The van der Waals surface area contributed by atoms with Gasteiger partial charge >= 0.3 is 0 Å². The van der Waals surface area contributed by atoms with Gasteiger partial charge in [0.25, 0.3) is 0 Å². The smallest absolute Gasteiger partial charge is 0.231 e. The van der Waals surface area contributed by atoms with Gasteiger partial charge in [0.2, 0.25) is 5.91 Å². The predicted molar refractivity (Wildman–Crippen MR) is 88.9 cm³/mol. The van der Waals surface area contributed by atoms with Crippen LogP contribution < -0.4 is 15.4 Å². The number of hydrogen-bond donors (Lipinski definition) is 1.